The lowest BCUT2D eigenvalue weighted by molar-refractivity contribution is -0.143. The summed E-state index contributed by atoms with van der Waals surface area (Å²) in [5.41, 5.74) is 9.86. The van der Waals surface area contributed by atoms with Crippen molar-refractivity contribution in [2.24, 2.45) is 17.6 Å². The Hall–Kier alpha value is -6.40. The minimum atomic E-state index is -0.657. The fraction of sp³-hybridized carbons (Fsp3) is 0.296. The number of nitrogens with zero attached hydrogens (tertiary/aromatic N) is 2. The van der Waals surface area contributed by atoms with Crippen LogP contribution in [0, 0.1) is 23.5 Å². The molecule has 4 N–H and O–H groups in total. The van der Waals surface area contributed by atoms with E-state index in [1.807, 2.05) is 121 Å². The molecule has 0 saturated carbocycles. The molecule has 0 aromatic heterocycles. The van der Waals surface area contributed by atoms with Gasteiger partial charge in [0, 0.05) is 19.0 Å². The molecule has 2 unspecified atom stereocenters. The van der Waals surface area contributed by atoms with Crippen molar-refractivity contribution >= 4 is 11.9 Å². The van der Waals surface area contributed by atoms with Gasteiger partial charge in [-0.3, -0.25) is 19.4 Å². The number of aliphatic carboxylic acids is 1. The second kappa shape index (κ2) is 25.8. The molecule has 2 saturated heterocycles. The number of ether oxygens (including phenoxy) is 2. The lowest BCUT2D eigenvalue weighted by atomic mass is 9.93. The van der Waals surface area contributed by atoms with Gasteiger partial charge in [0.25, 0.3) is 0 Å². The van der Waals surface area contributed by atoms with Crippen molar-refractivity contribution in [3.8, 4) is 11.5 Å². The maximum absolute atomic E-state index is 13.4. The average molecular weight is 883 g/mol. The van der Waals surface area contributed by atoms with E-state index >= 15 is 0 Å². The van der Waals surface area contributed by atoms with Crippen molar-refractivity contribution in [3.63, 3.8) is 0 Å². The van der Waals surface area contributed by atoms with Crippen LogP contribution < -0.4 is 20.5 Å². The molecule has 2 aliphatic heterocycles. The summed E-state index contributed by atoms with van der Waals surface area (Å²) >= 11 is 0. The van der Waals surface area contributed by atoms with Crippen LogP contribution in [0.1, 0.15) is 60.0 Å². The van der Waals surface area contributed by atoms with E-state index in [0.29, 0.717) is 13.2 Å². The summed E-state index contributed by atoms with van der Waals surface area (Å²) in [4.78, 5) is 28.5. The Bertz CT molecular complexity index is 2260. The molecule has 1 amide bonds. The highest BCUT2D eigenvalue weighted by atomic mass is 19.1. The third-order valence-corrected chi connectivity index (χ3v) is 11.7. The molecule has 0 radical (unpaired) electrons. The fourth-order valence-electron chi connectivity index (χ4n) is 7.88. The molecule has 0 spiro atoms. The smallest absolute Gasteiger partial charge is 0.306 e. The largest absolute Gasteiger partial charge is 0.492 e. The Kier molecular flexibility index (Phi) is 19.1. The van der Waals surface area contributed by atoms with Crippen molar-refractivity contribution in [2.45, 2.75) is 37.8 Å². The molecule has 2 heterocycles. The number of carbonyl (C=O) groups is 2. The number of piperidine rings is 2. The second-order valence-electron chi connectivity index (χ2n) is 16.2. The molecule has 6 aromatic rings. The fourth-order valence-corrected chi connectivity index (χ4v) is 7.88. The predicted octanol–water partition coefficient (Wildman–Crippen LogP) is 9.56. The van der Waals surface area contributed by atoms with E-state index in [1.165, 1.54) is 24.3 Å². The van der Waals surface area contributed by atoms with Gasteiger partial charge in [-0.15, -0.1) is 0 Å². The summed E-state index contributed by atoms with van der Waals surface area (Å²) in [6.07, 6.45) is 3.14. The van der Waals surface area contributed by atoms with Crippen LogP contribution in [0.15, 0.2) is 170 Å². The van der Waals surface area contributed by atoms with Crippen LogP contribution in [0.25, 0.3) is 0 Å². The highest BCUT2D eigenvalue weighted by molar-refractivity contribution is 5.79. The molecule has 8 rings (SSSR count). The third-order valence-electron chi connectivity index (χ3n) is 11.7. The topological polar surface area (TPSA) is 117 Å². The van der Waals surface area contributed by atoms with Gasteiger partial charge in [-0.25, -0.2) is 8.78 Å². The number of para-hydroxylation sites is 2. The number of halogens is 2. The van der Waals surface area contributed by atoms with Gasteiger partial charge < -0.3 is 25.6 Å². The van der Waals surface area contributed by atoms with Crippen molar-refractivity contribution in [1.29, 1.82) is 0 Å². The summed E-state index contributed by atoms with van der Waals surface area (Å²) in [5.74, 6) is 0.477. The monoisotopic (exact) mass is 882 g/mol. The number of nitrogens with one attached hydrogen (secondary N) is 1. The lowest BCUT2D eigenvalue weighted by Crippen LogP contribution is -2.42. The van der Waals surface area contributed by atoms with Crippen LogP contribution in [0.3, 0.4) is 0 Å². The molecule has 340 valence electrons. The number of nitrogens with two attached hydrogens (primary N) is 1. The summed E-state index contributed by atoms with van der Waals surface area (Å²) in [5, 5.41) is 12.1. The van der Waals surface area contributed by atoms with Gasteiger partial charge in [-0.1, -0.05) is 121 Å². The number of likely N-dealkylation sites (tertiary alicyclic amines) is 2. The van der Waals surface area contributed by atoms with Gasteiger partial charge >= 0.3 is 5.97 Å². The summed E-state index contributed by atoms with van der Waals surface area (Å²) in [7, 11) is 0. The van der Waals surface area contributed by atoms with E-state index in [2.05, 4.69) is 15.1 Å². The highest BCUT2D eigenvalue weighted by Gasteiger charge is 2.28. The second-order valence-corrected chi connectivity index (χ2v) is 16.2. The minimum absolute atomic E-state index is 0.0204. The first kappa shape index (κ1) is 48.1. The minimum Gasteiger partial charge on any atom is -0.492 e. The van der Waals surface area contributed by atoms with E-state index in [-0.39, 0.29) is 41.5 Å². The van der Waals surface area contributed by atoms with Crippen molar-refractivity contribution < 1.29 is 33.0 Å². The first-order valence-electron chi connectivity index (χ1n) is 22.4. The van der Waals surface area contributed by atoms with E-state index in [9.17, 15) is 18.4 Å². The number of hydrogen-bond acceptors (Lipinski definition) is 7. The normalized spacial score (nSPS) is 15.5. The molecule has 0 bridgehead atoms. The standard InChI is InChI=1S/C27H29FN2O2.C14H19NO3.C13H12FN/c28-24-13-11-22(12-14-24)26(21-7-3-1-4-8-21)29-27(31)23-15-17-30(18-16-23)19-20-32-25-9-5-2-6-10-25;16-14(17)12-6-8-15(9-7-12)10-11-18-13-4-2-1-3-5-13;14-12-8-6-11(7-9-12)13(15)10-4-2-1-3-5-10/h1-14,23,26H,15-20H2,(H,29,31);1-5,12H,6-11H2,(H,16,17);1-9,13H,15H2. The molecule has 2 aliphatic rings. The van der Waals surface area contributed by atoms with E-state index < -0.39 is 5.97 Å². The van der Waals surface area contributed by atoms with E-state index in [4.69, 9.17) is 20.3 Å². The molecule has 65 heavy (non-hydrogen) atoms. The Labute approximate surface area is 381 Å². The maximum atomic E-state index is 13.4. The van der Waals surface area contributed by atoms with Gasteiger partial charge in [0.2, 0.25) is 5.91 Å². The Balaban J connectivity index is 0.000000178. The van der Waals surface area contributed by atoms with Gasteiger partial charge in [-0.05, 0) is 123 Å². The van der Waals surface area contributed by atoms with Gasteiger partial charge in [0.05, 0.1) is 18.0 Å². The zero-order chi connectivity index (χ0) is 45.6. The Morgan fingerprint density at radius 2 is 0.892 bits per heavy atom. The summed E-state index contributed by atoms with van der Waals surface area (Å²) < 4.78 is 37.6. The van der Waals surface area contributed by atoms with E-state index in [0.717, 1.165) is 98.7 Å². The zero-order valence-electron chi connectivity index (χ0n) is 36.8. The summed E-state index contributed by atoms with van der Waals surface area (Å²) in [6.45, 7) is 6.48. The first-order valence-corrected chi connectivity index (χ1v) is 22.4. The zero-order valence-corrected chi connectivity index (χ0v) is 36.8. The molecule has 0 aliphatic carbocycles. The van der Waals surface area contributed by atoms with Crippen molar-refractivity contribution in [1.82, 2.24) is 15.1 Å². The van der Waals surface area contributed by atoms with Gasteiger partial charge in [-0.2, -0.15) is 0 Å². The van der Waals surface area contributed by atoms with Crippen LogP contribution in [0.2, 0.25) is 0 Å². The molecule has 11 heteroatoms. The van der Waals surface area contributed by atoms with Crippen LogP contribution >= 0.6 is 0 Å². The number of carboxylic acids is 1. The molecule has 2 fully saturated rings. The molecule has 2 atom stereocenters. The van der Waals surface area contributed by atoms with Crippen molar-refractivity contribution in [2.75, 3.05) is 52.5 Å². The van der Waals surface area contributed by atoms with Crippen molar-refractivity contribution in [3.05, 3.63) is 204 Å². The number of hydrogen-bond donors (Lipinski definition) is 3. The Morgan fingerprint density at radius 3 is 1.32 bits per heavy atom. The average Bonchev–Trinajstić information content (AvgIpc) is 3.35. The van der Waals surface area contributed by atoms with Gasteiger partial charge in [0.15, 0.2) is 0 Å². The number of rotatable bonds is 15. The molecule has 9 nitrogen and oxygen atoms in total. The predicted molar refractivity (Wildman–Crippen MR) is 252 cm³/mol. The van der Waals surface area contributed by atoms with Crippen LogP contribution in [0.4, 0.5) is 8.78 Å². The summed E-state index contributed by atoms with van der Waals surface area (Å²) in [6, 6.07) is 51.3. The quantitative estimate of drug-likeness (QED) is 0.0935. The third kappa shape index (κ3) is 16.0. The maximum Gasteiger partial charge on any atom is 0.306 e. The Morgan fingerprint density at radius 1 is 0.538 bits per heavy atom. The molecular weight excluding hydrogens is 823 g/mol. The number of carboxylic acid groups (broad SMARTS) is 1. The SMILES string of the molecule is NC(c1ccccc1)c1ccc(F)cc1.O=C(NC(c1ccccc1)c1ccc(F)cc1)C1CCN(CCOc2ccccc2)CC1.O=C(O)C1CCN(CCOc2ccccc2)CC1. The first-order chi connectivity index (χ1) is 31.7. The van der Waals surface area contributed by atoms with Gasteiger partial charge in [0.1, 0.15) is 36.3 Å². The molecule has 6 aromatic carbocycles. The van der Waals surface area contributed by atoms with Crippen LogP contribution in [-0.4, -0.2) is 79.3 Å². The van der Waals surface area contributed by atoms with E-state index in [1.54, 1.807) is 24.3 Å². The van der Waals surface area contributed by atoms with Crippen LogP contribution in [-0.2, 0) is 9.59 Å². The highest BCUT2D eigenvalue weighted by Crippen LogP contribution is 2.26. The number of carbonyl (C=O) groups excluding carboxylic acids is 1. The number of amides is 1. The van der Waals surface area contributed by atoms with Crippen LogP contribution in [0.5, 0.6) is 11.5 Å². The number of benzene rings is 6. The molecular formula is C54H60F2N4O5. The lowest BCUT2D eigenvalue weighted by Gasteiger charge is -2.32.